The molecule has 0 unspecified atom stereocenters. The Hall–Kier alpha value is -0.160. The Morgan fingerprint density at radius 2 is 2.23 bits per heavy atom. The van der Waals surface area contributed by atoms with Gasteiger partial charge in [-0.3, -0.25) is 4.68 Å². The third kappa shape index (κ3) is 4.04. The first-order valence-corrected chi connectivity index (χ1v) is 7.02. The molecule has 5 heteroatoms. The fraction of sp³-hybridized carbons (Fsp3) is 0.750. The van der Waals surface area contributed by atoms with Crippen molar-refractivity contribution in [1.29, 1.82) is 0 Å². The Morgan fingerprint density at radius 3 is 2.92 bits per heavy atom. The Morgan fingerprint density at radius 1 is 1.38 bits per heavy atom. The molecular formula is C8H15N3S2. The van der Waals surface area contributed by atoms with Crippen LogP contribution in [0.4, 0.5) is 0 Å². The average Bonchev–Trinajstić information content (AvgIpc) is 2.54. The molecule has 0 aliphatic heterocycles. The van der Waals surface area contributed by atoms with Crippen LogP contribution < -0.4 is 0 Å². The molecule has 1 heterocycles. The summed E-state index contributed by atoms with van der Waals surface area (Å²) in [4.78, 5) is 0. The van der Waals surface area contributed by atoms with Gasteiger partial charge in [-0.05, 0) is 24.7 Å². The molecule has 3 nitrogen and oxygen atoms in total. The van der Waals surface area contributed by atoms with E-state index in [4.69, 9.17) is 0 Å². The van der Waals surface area contributed by atoms with Crippen LogP contribution in [0.15, 0.2) is 6.20 Å². The zero-order chi connectivity index (χ0) is 9.52. The van der Waals surface area contributed by atoms with Crippen LogP contribution in [0.25, 0.3) is 0 Å². The zero-order valence-electron chi connectivity index (χ0n) is 8.06. The van der Waals surface area contributed by atoms with E-state index in [9.17, 15) is 0 Å². The highest BCUT2D eigenvalue weighted by Gasteiger charge is 1.98. The van der Waals surface area contributed by atoms with Crippen molar-refractivity contribution < 1.29 is 0 Å². The summed E-state index contributed by atoms with van der Waals surface area (Å²) in [6.45, 7) is 0.988. The third-order valence-corrected chi connectivity index (χ3v) is 2.90. The second kappa shape index (κ2) is 6.32. The van der Waals surface area contributed by atoms with Gasteiger partial charge in [-0.15, -0.1) is 5.10 Å². The highest BCUT2D eigenvalue weighted by atomic mass is 32.2. The average molecular weight is 217 g/mol. The molecule has 0 atom stereocenters. The molecule has 0 amide bonds. The van der Waals surface area contributed by atoms with Gasteiger partial charge in [0.25, 0.3) is 0 Å². The van der Waals surface area contributed by atoms with Gasteiger partial charge in [-0.2, -0.15) is 23.5 Å². The zero-order valence-corrected chi connectivity index (χ0v) is 9.70. The van der Waals surface area contributed by atoms with Gasteiger partial charge in [0.15, 0.2) is 0 Å². The van der Waals surface area contributed by atoms with Gasteiger partial charge >= 0.3 is 0 Å². The third-order valence-electron chi connectivity index (χ3n) is 1.61. The van der Waals surface area contributed by atoms with Crippen LogP contribution in [0.1, 0.15) is 12.1 Å². The van der Waals surface area contributed by atoms with E-state index in [2.05, 4.69) is 22.8 Å². The maximum Gasteiger partial charge on any atom is 0.0925 e. The second-order valence-electron chi connectivity index (χ2n) is 2.75. The summed E-state index contributed by atoms with van der Waals surface area (Å²) in [5.74, 6) is 2.15. The molecule has 0 aliphatic rings. The number of hydrogen-bond donors (Lipinski definition) is 0. The van der Waals surface area contributed by atoms with Gasteiger partial charge in [-0.25, -0.2) is 0 Å². The molecule has 13 heavy (non-hydrogen) atoms. The van der Waals surface area contributed by atoms with Gasteiger partial charge in [0, 0.05) is 18.5 Å². The quantitative estimate of drug-likeness (QED) is 0.681. The maximum atomic E-state index is 4.07. The van der Waals surface area contributed by atoms with Crippen molar-refractivity contribution in [2.45, 2.75) is 18.7 Å². The van der Waals surface area contributed by atoms with E-state index in [0.717, 1.165) is 18.0 Å². The fourth-order valence-electron chi connectivity index (χ4n) is 1.03. The predicted molar refractivity (Wildman–Crippen MR) is 60.2 cm³/mol. The number of rotatable bonds is 6. The van der Waals surface area contributed by atoms with Crippen LogP contribution in [0.2, 0.25) is 0 Å². The molecule has 0 N–H and O–H groups in total. The van der Waals surface area contributed by atoms with Crippen LogP contribution in [0, 0.1) is 0 Å². The van der Waals surface area contributed by atoms with Crippen molar-refractivity contribution in [2.24, 2.45) is 0 Å². The highest BCUT2D eigenvalue weighted by molar-refractivity contribution is 7.98. The summed E-state index contributed by atoms with van der Waals surface area (Å²) in [5, 5.41) is 8.12. The number of aryl methyl sites for hydroxylation is 1. The Bertz CT molecular complexity index is 237. The van der Waals surface area contributed by atoms with Crippen molar-refractivity contribution >= 4 is 23.5 Å². The predicted octanol–water partition coefficient (Wildman–Crippen LogP) is 1.89. The first-order chi connectivity index (χ1) is 6.36. The molecular weight excluding hydrogens is 202 g/mol. The molecule has 0 aliphatic carbocycles. The van der Waals surface area contributed by atoms with E-state index in [0.29, 0.717) is 0 Å². The van der Waals surface area contributed by atoms with E-state index >= 15 is 0 Å². The highest BCUT2D eigenvalue weighted by Crippen LogP contribution is 2.05. The summed E-state index contributed by atoms with van der Waals surface area (Å²) >= 11 is 3.65. The van der Waals surface area contributed by atoms with Crippen molar-refractivity contribution in [3.63, 3.8) is 0 Å². The molecule has 0 fully saturated rings. The lowest BCUT2D eigenvalue weighted by Crippen LogP contribution is -1.99. The lowest BCUT2D eigenvalue weighted by Gasteiger charge is -1.97. The van der Waals surface area contributed by atoms with Crippen LogP contribution in [0.3, 0.4) is 0 Å². The monoisotopic (exact) mass is 217 g/mol. The van der Waals surface area contributed by atoms with Gasteiger partial charge in [-0.1, -0.05) is 5.21 Å². The number of aromatic nitrogens is 3. The molecule has 0 saturated carbocycles. The number of thioether (sulfide) groups is 2. The first-order valence-electron chi connectivity index (χ1n) is 4.23. The fourth-order valence-corrected chi connectivity index (χ4v) is 1.88. The van der Waals surface area contributed by atoms with Gasteiger partial charge in [0.05, 0.1) is 5.69 Å². The smallest absolute Gasteiger partial charge is 0.0925 e. The van der Waals surface area contributed by atoms with Crippen LogP contribution in [0.5, 0.6) is 0 Å². The van der Waals surface area contributed by atoms with Crippen LogP contribution >= 0.6 is 23.5 Å². The van der Waals surface area contributed by atoms with Crippen molar-refractivity contribution in [3.05, 3.63) is 11.9 Å². The lowest BCUT2D eigenvalue weighted by atomic mass is 10.5. The molecule has 0 spiro atoms. The van der Waals surface area contributed by atoms with E-state index in [1.807, 2.05) is 22.6 Å². The van der Waals surface area contributed by atoms with E-state index < -0.39 is 0 Å². The van der Waals surface area contributed by atoms with Crippen molar-refractivity contribution in [1.82, 2.24) is 15.0 Å². The van der Waals surface area contributed by atoms with E-state index in [1.165, 1.54) is 12.2 Å². The normalized spacial score (nSPS) is 10.6. The summed E-state index contributed by atoms with van der Waals surface area (Å²) in [5.41, 5.74) is 1.08. The number of hydrogen-bond acceptors (Lipinski definition) is 4. The van der Waals surface area contributed by atoms with Crippen molar-refractivity contribution in [2.75, 3.05) is 18.3 Å². The Labute approximate surface area is 87.7 Å². The number of nitrogens with zero attached hydrogens (tertiary/aromatic N) is 3. The van der Waals surface area contributed by atoms with Gasteiger partial charge in [0.1, 0.15) is 0 Å². The standard InChI is InChI=1S/C8H15N3S2/c1-12-5-3-4-11-6-8(7-13-2)9-10-11/h6H,3-5,7H2,1-2H3. The van der Waals surface area contributed by atoms with E-state index in [-0.39, 0.29) is 0 Å². The summed E-state index contributed by atoms with van der Waals surface area (Å²) < 4.78 is 1.93. The SMILES string of the molecule is CSCCCn1cc(CSC)nn1. The molecule has 74 valence electrons. The topological polar surface area (TPSA) is 30.7 Å². The molecule has 1 rings (SSSR count). The van der Waals surface area contributed by atoms with Crippen LogP contribution in [-0.4, -0.2) is 33.3 Å². The van der Waals surface area contributed by atoms with E-state index in [1.54, 1.807) is 11.8 Å². The maximum absolute atomic E-state index is 4.07. The Balaban J connectivity index is 2.31. The van der Waals surface area contributed by atoms with Crippen LogP contribution in [-0.2, 0) is 12.3 Å². The Kier molecular flexibility index (Phi) is 5.31. The van der Waals surface area contributed by atoms with Gasteiger partial charge < -0.3 is 0 Å². The van der Waals surface area contributed by atoms with Crippen molar-refractivity contribution in [3.8, 4) is 0 Å². The molecule has 1 aromatic rings. The minimum Gasteiger partial charge on any atom is -0.252 e. The minimum absolute atomic E-state index is 0.961. The molecule has 0 radical (unpaired) electrons. The largest absolute Gasteiger partial charge is 0.252 e. The molecule has 0 aromatic carbocycles. The molecule has 0 saturated heterocycles. The second-order valence-corrected chi connectivity index (χ2v) is 4.60. The summed E-state index contributed by atoms with van der Waals surface area (Å²) in [6, 6.07) is 0. The minimum atomic E-state index is 0.961. The lowest BCUT2D eigenvalue weighted by molar-refractivity contribution is 0.582. The van der Waals surface area contributed by atoms with Gasteiger partial charge in [0.2, 0.25) is 0 Å². The first kappa shape index (κ1) is 10.9. The molecule has 0 bridgehead atoms. The summed E-state index contributed by atoms with van der Waals surface area (Å²) in [7, 11) is 0. The molecule has 1 aromatic heterocycles. The summed E-state index contributed by atoms with van der Waals surface area (Å²) in [6.07, 6.45) is 7.41.